The maximum absolute atomic E-state index is 12.4. The summed E-state index contributed by atoms with van der Waals surface area (Å²) in [6.45, 7) is 6.45. The van der Waals surface area contributed by atoms with Crippen LogP contribution in [0.5, 0.6) is 6.01 Å². The topological polar surface area (TPSA) is 90.6 Å². The highest BCUT2D eigenvalue weighted by Gasteiger charge is 2.32. The standard InChI is InChI=1S/C18H28N4O3/c1-3-5-12(2)25-18-20-16(19)14-10-15(23)22(17(14)21-18)8-4-6-13-7-9-24-11-13/h12-13H,3-11H2,1-2H3,(H2,19,20,21)/t12-,13?/m1/s1. The lowest BCUT2D eigenvalue weighted by Crippen LogP contribution is -2.29. The van der Waals surface area contributed by atoms with Crippen molar-refractivity contribution in [3.05, 3.63) is 5.56 Å². The van der Waals surface area contributed by atoms with Crippen LogP contribution in [0.3, 0.4) is 0 Å². The van der Waals surface area contributed by atoms with Crippen LogP contribution in [-0.2, 0) is 16.0 Å². The Morgan fingerprint density at radius 3 is 3.00 bits per heavy atom. The molecule has 1 unspecified atom stereocenters. The fourth-order valence-electron chi connectivity index (χ4n) is 3.50. The highest BCUT2D eigenvalue weighted by Crippen LogP contribution is 2.33. The molecule has 1 aromatic rings. The van der Waals surface area contributed by atoms with Crippen molar-refractivity contribution in [2.75, 3.05) is 30.4 Å². The predicted molar refractivity (Wildman–Crippen MR) is 95.7 cm³/mol. The van der Waals surface area contributed by atoms with Crippen molar-refractivity contribution < 1.29 is 14.3 Å². The number of fused-ring (bicyclic) bond motifs is 1. The largest absolute Gasteiger partial charge is 0.460 e. The second kappa shape index (κ2) is 7.99. The molecule has 3 rings (SSSR count). The molecule has 1 fully saturated rings. The van der Waals surface area contributed by atoms with E-state index in [-0.39, 0.29) is 24.4 Å². The van der Waals surface area contributed by atoms with Gasteiger partial charge in [0.2, 0.25) is 5.91 Å². The van der Waals surface area contributed by atoms with Crippen molar-refractivity contribution in [3.63, 3.8) is 0 Å². The van der Waals surface area contributed by atoms with Crippen LogP contribution in [-0.4, -0.2) is 41.7 Å². The minimum absolute atomic E-state index is 0.0235. The molecule has 7 nitrogen and oxygen atoms in total. The van der Waals surface area contributed by atoms with Gasteiger partial charge in [-0.1, -0.05) is 13.3 Å². The summed E-state index contributed by atoms with van der Waals surface area (Å²) in [5, 5.41) is 0. The number of carbonyl (C=O) groups excluding carboxylic acids is 1. The first-order valence-corrected chi connectivity index (χ1v) is 9.29. The summed E-state index contributed by atoms with van der Waals surface area (Å²) in [5.41, 5.74) is 6.78. The van der Waals surface area contributed by atoms with E-state index in [0.29, 0.717) is 24.1 Å². The van der Waals surface area contributed by atoms with Gasteiger partial charge in [0, 0.05) is 25.3 Å². The summed E-state index contributed by atoms with van der Waals surface area (Å²) in [6.07, 6.45) is 5.37. The molecule has 25 heavy (non-hydrogen) atoms. The van der Waals surface area contributed by atoms with Crippen LogP contribution in [0.25, 0.3) is 0 Å². The summed E-state index contributed by atoms with van der Waals surface area (Å²) in [7, 11) is 0. The van der Waals surface area contributed by atoms with Gasteiger partial charge in [0.05, 0.1) is 12.5 Å². The van der Waals surface area contributed by atoms with E-state index in [4.69, 9.17) is 15.2 Å². The monoisotopic (exact) mass is 348 g/mol. The molecule has 1 amide bonds. The van der Waals surface area contributed by atoms with Gasteiger partial charge in [-0.05, 0) is 38.5 Å². The van der Waals surface area contributed by atoms with Crippen molar-refractivity contribution in [1.29, 1.82) is 0 Å². The summed E-state index contributed by atoms with van der Waals surface area (Å²) in [4.78, 5) is 22.8. The Bertz CT molecular complexity index is 617. The normalized spacial score (nSPS) is 20.8. The Hall–Kier alpha value is -1.89. The number of hydrogen-bond donors (Lipinski definition) is 1. The number of nitrogens with two attached hydrogens (primary N) is 1. The van der Waals surface area contributed by atoms with E-state index < -0.39 is 0 Å². The quantitative estimate of drug-likeness (QED) is 0.775. The van der Waals surface area contributed by atoms with E-state index in [1.165, 1.54) is 0 Å². The zero-order chi connectivity index (χ0) is 17.8. The van der Waals surface area contributed by atoms with Crippen LogP contribution in [0, 0.1) is 5.92 Å². The number of aromatic nitrogens is 2. The van der Waals surface area contributed by atoms with Crippen LogP contribution in [0.15, 0.2) is 0 Å². The molecule has 0 aromatic carbocycles. The van der Waals surface area contributed by atoms with E-state index in [2.05, 4.69) is 16.9 Å². The molecule has 2 aliphatic rings. The Kier molecular flexibility index (Phi) is 5.73. The highest BCUT2D eigenvalue weighted by molar-refractivity contribution is 6.01. The van der Waals surface area contributed by atoms with Gasteiger partial charge in [-0.15, -0.1) is 0 Å². The zero-order valence-electron chi connectivity index (χ0n) is 15.2. The Morgan fingerprint density at radius 2 is 2.28 bits per heavy atom. The van der Waals surface area contributed by atoms with Gasteiger partial charge in [0.15, 0.2) is 0 Å². The number of amides is 1. The van der Waals surface area contributed by atoms with Gasteiger partial charge in [-0.2, -0.15) is 9.97 Å². The maximum Gasteiger partial charge on any atom is 0.320 e. The number of rotatable bonds is 8. The minimum atomic E-state index is 0.0235. The van der Waals surface area contributed by atoms with Gasteiger partial charge >= 0.3 is 6.01 Å². The molecule has 1 aromatic heterocycles. The molecule has 0 saturated carbocycles. The molecule has 1 saturated heterocycles. The fourth-order valence-corrected chi connectivity index (χ4v) is 3.50. The second-order valence-electron chi connectivity index (χ2n) is 7.00. The first-order chi connectivity index (χ1) is 12.1. The van der Waals surface area contributed by atoms with Gasteiger partial charge in [0.25, 0.3) is 0 Å². The van der Waals surface area contributed by atoms with E-state index in [1.54, 1.807) is 4.90 Å². The molecule has 7 heteroatoms. The number of nitrogen functional groups attached to an aromatic ring is 1. The third-order valence-corrected chi connectivity index (χ3v) is 4.90. The highest BCUT2D eigenvalue weighted by atomic mass is 16.5. The second-order valence-corrected chi connectivity index (χ2v) is 7.00. The van der Waals surface area contributed by atoms with E-state index in [0.717, 1.165) is 50.9 Å². The smallest absolute Gasteiger partial charge is 0.320 e. The number of hydrogen-bond acceptors (Lipinski definition) is 6. The molecule has 0 radical (unpaired) electrons. The first kappa shape index (κ1) is 17.9. The van der Waals surface area contributed by atoms with E-state index in [1.807, 2.05) is 6.92 Å². The van der Waals surface area contributed by atoms with Crippen LogP contribution < -0.4 is 15.4 Å². The molecule has 2 N–H and O–H groups in total. The Labute approximate surface area is 148 Å². The molecule has 0 aliphatic carbocycles. The molecule has 2 aliphatic heterocycles. The third kappa shape index (κ3) is 4.21. The summed E-state index contributed by atoms with van der Waals surface area (Å²) >= 11 is 0. The van der Waals surface area contributed by atoms with Crippen molar-refractivity contribution in [1.82, 2.24) is 9.97 Å². The van der Waals surface area contributed by atoms with Crippen LogP contribution in [0.4, 0.5) is 11.6 Å². The minimum Gasteiger partial charge on any atom is -0.460 e. The Balaban J connectivity index is 1.68. The first-order valence-electron chi connectivity index (χ1n) is 9.29. The third-order valence-electron chi connectivity index (χ3n) is 4.90. The van der Waals surface area contributed by atoms with Gasteiger partial charge in [-0.25, -0.2) is 0 Å². The number of anilines is 2. The van der Waals surface area contributed by atoms with Crippen molar-refractivity contribution in [2.24, 2.45) is 5.92 Å². The molecule has 0 spiro atoms. The molecule has 2 atom stereocenters. The summed E-state index contributed by atoms with van der Waals surface area (Å²) in [6, 6.07) is 0.265. The predicted octanol–water partition coefficient (Wildman–Crippen LogP) is 2.33. The average Bonchev–Trinajstić information content (AvgIpc) is 3.17. The molecule has 3 heterocycles. The van der Waals surface area contributed by atoms with E-state index >= 15 is 0 Å². The number of carbonyl (C=O) groups is 1. The summed E-state index contributed by atoms with van der Waals surface area (Å²) < 4.78 is 11.2. The Morgan fingerprint density at radius 1 is 1.44 bits per heavy atom. The number of nitrogens with zero attached hydrogens (tertiary/aromatic N) is 3. The lowest BCUT2D eigenvalue weighted by molar-refractivity contribution is -0.117. The zero-order valence-corrected chi connectivity index (χ0v) is 15.2. The van der Waals surface area contributed by atoms with Crippen LogP contribution in [0.1, 0.15) is 51.5 Å². The molecular formula is C18H28N4O3. The lowest BCUT2D eigenvalue weighted by Gasteiger charge is -2.19. The molecular weight excluding hydrogens is 320 g/mol. The SMILES string of the molecule is CCC[C@@H](C)Oc1nc(N)c2c(n1)N(CCCC1CCOC1)C(=O)C2. The van der Waals surface area contributed by atoms with Crippen molar-refractivity contribution in [3.8, 4) is 6.01 Å². The van der Waals surface area contributed by atoms with Crippen molar-refractivity contribution >= 4 is 17.5 Å². The average molecular weight is 348 g/mol. The molecule has 138 valence electrons. The van der Waals surface area contributed by atoms with Gasteiger partial charge in [-0.3, -0.25) is 9.69 Å². The lowest BCUT2D eigenvalue weighted by atomic mass is 10.0. The van der Waals surface area contributed by atoms with Crippen LogP contribution >= 0.6 is 0 Å². The molecule has 0 bridgehead atoms. The van der Waals surface area contributed by atoms with Crippen molar-refractivity contribution in [2.45, 2.75) is 58.5 Å². The van der Waals surface area contributed by atoms with Crippen LogP contribution in [0.2, 0.25) is 0 Å². The summed E-state index contributed by atoms with van der Waals surface area (Å²) in [5.74, 6) is 1.63. The maximum atomic E-state index is 12.4. The van der Waals surface area contributed by atoms with E-state index in [9.17, 15) is 4.79 Å². The number of ether oxygens (including phenoxy) is 2. The van der Waals surface area contributed by atoms with Gasteiger partial charge in [0.1, 0.15) is 11.6 Å². The fraction of sp³-hybridized carbons (Fsp3) is 0.722. The van der Waals surface area contributed by atoms with Gasteiger partial charge < -0.3 is 15.2 Å².